The molecule has 0 bridgehead atoms. The third-order valence-electron chi connectivity index (χ3n) is 5.82. The van der Waals surface area contributed by atoms with Gasteiger partial charge in [-0.25, -0.2) is 0 Å². The van der Waals surface area contributed by atoms with Crippen molar-refractivity contribution in [2.45, 2.75) is 102 Å². The topological polar surface area (TPSA) is 57.5 Å². The Balaban J connectivity index is 1.36. The number of carbonyl (C=O) groups is 1. The number of aliphatic hydroxyl groups is 1. The second-order valence-electron chi connectivity index (χ2n) is 8.21. The van der Waals surface area contributed by atoms with E-state index in [9.17, 15) is 9.90 Å². The molecule has 2 rings (SSSR count). The van der Waals surface area contributed by atoms with Crippen LogP contribution in [-0.4, -0.2) is 16.2 Å². The lowest BCUT2D eigenvalue weighted by atomic mass is 9.99. The molecule has 1 aromatic carbocycles. The largest absolute Gasteiger partial charge is 0.481 e. The normalized spacial score (nSPS) is 15.5. The molecule has 0 amide bonds. The summed E-state index contributed by atoms with van der Waals surface area (Å²) in [6.07, 6.45) is 19.2. The van der Waals surface area contributed by atoms with Gasteiger partial charge in [0.05, 0.1) is 6.10 Å². The first kappa shape index (κ1) is 22.7. The van der Waals surface area contributed by atoms with E-state index in [1.807, 2.05) is 18.2 Å². The number of allylic oxidation sites excluding steroid dienone is 1. The van der Waals surface area contributed by atoms with Crippen LogP contribution in [0, 0.1) is 0 Å². The summed E-state index contributed by atoms with van der Waals surface area (Å²) in [6, 6.07) is 8.22. The molecule has 1 unspecified atom stereocenters. The molecule has 0 saturated heterocycles. The minimum Gasteiger partial charge on any atom is -0.481 e. The van der Waals surface area contributed by atoms with Crippen LogP contribution < -0.4 is 0 Å². The van der Waals surface area contributed by atoms with Crippen LogP contribution in [0.3, 0.4) is 0 Å². The van der Waals surface area contributed by atoms with Crippen molar-refractivity contribution >= 4 is 11.5 Å². The summed E-state index contributed by atoms with van der Waals surface area (Å²) in [4.78, 5) is 10.4. The SMILES string of the molecule is O=C(O)CCCCCCCCCCCCCCCC1=CC(O)c2ccccc21. The van der Waals surface area contributed by atoms with E-state index in [4.69, 9.17) is 5.11 Å². The maximum absolute atomic E-state index is 10.4. The van der Waals surface area contributed by atoms with Crippen molar-refractivity contribution in [2.75, 3.05) is 0 Å². The standard InChI is InChI=1S/C25H38O3/c26-24-20-21(22-17-14-15-18-23(22)24)16-12-10-8-6-4-2-1-3-5-7-9-11-13-19-25(27)28/h14-15,17-18,20,24,26H,1-13,16,19H2,(H,27,28). The van der Waals surface area contributed by atoms with E-state index in [2.05, 4.69) is 12.1 Å². The molecule has 1 aliphatic carbocycles. The predicted molar refractivity (Wildman–Crippen MR) is 116 cm³/mol. The summed E-state index contributed by atoms with van der Waals surface area (Å²) >= 11 is 0. The second kappa shape index (κ2) is 13.5. The van der Waals surface area contributed by atoms with E-state index in [1.165, 1.54) is 81.8 Å². The number of benzene rings is 1. The highest BCUT2D eigenvalue weighted by molar-refractivity contribution is 5.74. The molecule has 1 atom stereocenters. The fraction of sp³-hybridized carbons (Fsp3) is 0.640. The monoisotopic (exact) mass is 386 g/mol. The van der Waals surface area contributed by atoms with Gasteiger partial charge >= 0.3 is 5.97 Å². The number of unbranched alkanes of at least 4 members (excludes halogenated alkanes) is 12. The maximum Gasteiger partial charge on any atom is 0.303 e. The van der Waals surface area contributed by atoms with Crippen molar-refractivity contribution in [3.8, 4) is 0 Å². The summed E-state index contributed by atoms with van der Waals surface area (Å²) < 4.78 is 0. The minimum absolute atomic E-state index is 0.326. The Labute approximate surface area is 170 Å². The van der Waals surface area contributed by atoms with Crippen LogP contribution in [0.5, 0.6) is 0 Å². The molecule has 1 aliphatic rings. The van der Waals surface area contributed by atoms with Crippen LogP contribution in [0.2, 0.25) is 0 Å². The van der Waals surface area contributed by atoms with Crippen LogP contribution in [0.15, 0.2) is 30.3 Å². The van der Waals surface area contributed by atoms with Gasteiger partial charge in [-0.1, -0.05) is 94.9 Å². The van der Waals surface area contributed by atoms with E-state index < -0.39 is 12.1 Å². The molecule has 3 nitrogen and oxygen atoms in total. The smallest absolute Gasteiger partial charge is 0.303 e. The predicted octanol–water partition coefficient (Wildman–Crippen LogP) is 7.05. The van der Waals surface area contributed by atoms with Gasteiger partial charge in [0.25, 0.3) is 0 Å². The van der Waals surface area contributed by atoms with Gasteiger partial charge in [-0.3, -0.25) is 4.79 Å². The van der Waals surface area contributed by atoms with E-state index >= 15 is 0 Å². The lowest BCUT2D eigenvalue weighted by Crippen LogP contribution is -1.93. The van der Waals surface area contributed by atoms with E-state index in [-0.39, 0.29) is 0 Å². The number of aliphatic hydroxyl groups excluding tert-OH is 1. The van der Waals surface area contributed by atoms with Crippen LogP contribution in [0.1, 0.15) is 114 Å². The fourth-order valence-corrected chi connectivity index (χ4v) is 4.17. The number of rotatable bonds is 16. The Bertz CT molecular complexity index is 606. The molecule has 0 radical (unpaired) electrons. The first-order chi connectivity index (χ1) is 13.7. The number of fused-ring (bicyclic) bond motifs is 1. The number of hydrogen-bond acceptors (Lipinski definition) is 2. The van der Waals surface area contributed by atoms with Crippen molar-refractivity contribution in [3.05, 3.63) is 41.5 Å². The molecule has 0 heterocycles. The van der Waals surface area contributed by atoms with Gasteiger partial charge in [-0.2, -0.15) is 0 Å². The molecule has 3 heteroatoms. The Morgan fingerprint density at radius 2 is 1.25 bits per heavy atom. The van der Waals surface area contributed by atoms with Gasteiger partial charge in [0.15, 0.2) is 0 Å². The van der Waals surface area contributed by atoms with Crippen LogP contribution >= 0.6 is 0 Å². The first-order valence-corrected chi connectivity index (χ1v) is 11.4. The number of carboxylic acid groups (broad SMARTS) is 1. The second-order valence-corrected chi connectivity index (χ2v) is 8.21. The lowest BCUT2D eigenvalue weighted by molar-refractivity contribution is -0.137. The number of carboxylic acids is 1. The van der Waals surface area contributed by atoms with Crippen molar-refractivity contribution < 1.29 is 15.0 Å². The van der Waals surface area contributed by atoms with E-state index in [0.717, 1.165) is 24.8 Å². The summed E-state index contributed by atoms with van der Waals surface area (Å²) in [6.45, 7) is 0. The van der Waals surface area contributed by atoms with E-state index in [1.54, 1.807) is 0 Å². The molecular weight excluding hydrogens is 348 g/mol. The van der Waals surface area contributed by atoms with Crippen molar-refractivity contribution in [2.24, 2.45) is 0 Å². The molecule has 156 valence electrons. The first-order valence-electron chi connectivity index (χ1n) is 11.4. The lowest BCUT2D eigenvalue weighted by Gasteiger charge is -2.06. The molecule has 0 spiro atoms. The highest BCUT2D eigenvalue weighted by Crippen LogP contribution is 2.36. The number of hydrogen-bond donors (Lipinski definition) is 2. The average Bonchev–Trinajstić information content (AvgIpc) is 3.01. The summed E-state index contributed by atoms with van der Waals surface area (Å²) in [5.41, 5.74) is 3.64. The third kappa shape index (κ3) is 8.60. The molecular formula is C25H38O3. The zero-order valence-corrected chi connectivity index (χ0v) is 17.4. The Kier molecular flexibility index (Phi) is 11.0. The summed E-state index contributed by atoms with van der Waals surface area (Å²) in [5, 5.41) is 18.7. The van der Waals surface area contributed by atoms with Gasteiger partial charge in [0, 0.05) is 6.42 Å². The van der Waals surface area contributed by atoms with Gasteiger partial charge in [0.2, 0.25) is 0 Å². The summed E-state index contributed by atoms with van der Waals surface area (Å²) in [7, 11) is 0. The highest BCUT2D eigenvalue weighted by atomic mass is 16.4. The molecule has 28 heavy (non-hydrogen) atoms. The molecule has 0 aromatic heterocycles. The molecule has 0 aliphatic heterocycles. The Hall–Kier alpha value is -1.61. The van der Waals surface area contributed by atoms with Gasteiger partial charge in [0.1, 0.15) is 0 Å². The maximum atomic E-state index is 10.4. The Morgan fingerprint density at radius 3 is 1.82 bits per heavy atom. The van der Waals surface area contributed by atoms with Gasteiger partial charge in [-0.05, 0) is 42.0 Å². The minimum atomic E-state index is -0.667. The average molecular weight is 387 g/mol. The van der Waals surface area contributed by atoms with Crippen molar-refractivity contribution in [1.82, 2.24) is 0 Å². The summed E-state index contributed by atoms with van der Waals surface area (Å²) in [5.74, 6) is -0.667. The zero-order valence-electron chi connectivity index (χ0n) is 17.4. The molecule has 0 fully saturated rings. The quantitative estimate of drug-likeness (QED) is 0.299. The molecule has 2 N–H and O–H groups in total. The van der Waals surface area contributed by atoms with Crippen LogP contribution in [0.25, 0.3) is 5.57 Å². The fourth-order valence-electron chi connectivity index (χ4n) is 4.17. The number of aliphatic carboxylic acids is 1. The zero-order chi connectivity index (χ0) is 20.0. The van der Waals surface area contributed by atoms with Crippen molar-refractivity contribution in [1.29, 1.82) is 0 Å². The van der Waals surface area contributed by atoms with Crippen molar-refractivity contribution in [3.63, 3.8) is 0 Å². The van der Waals surface area contributed by atoms with Gasteiger partial charge < -0.3 is 10.2 Å². The van der Waals surface area contributed by atoms with Crippen LogP contribution in [0.4, 0.5) is 0 Å². The molecule has 1 aromatic rings. The highest BCUT2D eigenvalue weighted by Gasteiger charge is 2.19. The van der Waals surface area contributed by atoms with E-state index in [0.29, 0.717) is 6.42 Å². The Morgan fingerprint density at radius 1 is 0.750 bits per heavy atom. The molecule has 0 saturated carbocycles. The van der Waals surface area contributed by atoms with Gasteiger partial charge in [-0.15, -0.1) is 0 Å². The van der Waals surface area contributed by atoms with Crippen LogP contribution in [-0.2, 0) is 4.79 Å². The third-order valence-corrected chi connectivity index (χ3v) is 5.82.